The van der Waals surface area contributed by atoms with E-state index in [2.05, 4.69) is 5.32 Å². The molecule has 0 spiro atoms. The van der Waals surface area contributed by atoms with Crippen molar-refractivity contribution in [3.8, 4) is 0 Å². The van der Waals surface area contributed by atoms with Gasteiger partial charge in [0, 0.05) is 35.7 Å². The highest BCUT2D eigenvalue weighted by atomic mass is 16.5. The van der Waals surface area contributed by atoms with Gasteiger partial charge in [0.05, 0.1) is 0 Å². The Labute approximate surface area is 110 Å². The number of hydrogen-bond donors (Lipinski definition) is 3. The van der Waals surface area contributed by atoms with Crippen LogP contribution in [0.5, 0.6) is 0 Å². The van der Waals surface area contributed by atoms with Gasteiger partial charge < -0.3 is 19.9 Å². The van der Waals surface area contributed by atoms with Crippen LogP contribution in [-0.4, -0.2) is 23.0 Å². The number of anilines is 1. The Bertz CT molecular complexity index is 633. The van der Waals surface area contributed by atoms with Gasteiger partial charge in [-0.15, -0.1) is 0 Å². The van der Waals surface area contributed by atoms with Gasteiger partial charge in [-0.25, -0.2) is 4.79 Å². The van der Waals surface area contributed by atoms with Crippen molar-refractivity contribution in [2.75, 3.05) is 11.9 Å². The predicted octanol–water partition coefficient (Wildman–Crippen LogP) is 1.46. The Kier molecular flexibility index (Phi) is 3.87. The van der Waals surface area contributed by atoms with Gasteiger partial charge in [-0.3, -0.25) is 0 Å². The van der Waals surface area contributed by atoms with Crippen LogP contribution in [0.3, 0.4) is 0 Å². The third-order valence-corrected chi connectivity index (χ3v) is 3.09. The molecule has 0 aliphatic carbocycles. The highest BCUT2D eigenvalue weighted by molar-refractivity contribution is 5.83. The lowest BCUT2D eigenvalue weighted by Crippen LogP contribution is -2.24. The average Bonchev–Trinajstić information content (AvgIpc) is 2.35. The fourth-order valence-electron chi connectivity index (χ4n) is 1.82. The topological polar surface area (TPSA) is 82.7 Å². The van der Waals surface area contributed by atoms with Crippen molar-refractivity contribution in [1.29, 1.82) is 0 Å². The van der Waals surface area contributed by atoms with Crippen LogP contribution in [0.4, 0.5) is 5.69 Å². The largest absolute Gasteiger partial charge is 0.423 e. The first-order chi connectivity index (χ1) is 8.97. The summed E-state index contributed by atoms with van der Waals surface area (Å²) in [6.45, 7) is 4.00. The fourth-order valence-corrected chi connectivity index (χ4v) is 1.82. The van der Waals surface area contributed by atoms with Crippen molar-refractivity contribution < 1.29 is 14.6 Å². The molecule has 5 nitrogen and oxygen atoms in total. The number of aryl methyl sites for hydroxylation is 1. The van der Waals surface area contributed by atoms with Gasteiger partial charge in [0.25, 0.3) is 0 Å². The van der Waals surface area contributed by atoms with E-state index in [0.29, 0.717) is 12.1 Å². The third-order valence-electron chi connectivity index (χ3n) is 3.09. The van der Waals surface area contributed by atoms with Crippen molar-refractivity contribution in [1.82, 2.24) is 0 Å². The van der Waals surface area contributed by atoms with Gasteiger partial charge in [-0.2, -0.15) is 0 Å². The Balaban J connectivity index is 2.24. The maximum Gasteiger partial charge on any atom is 0.336 e. The number of aliphatic hydroxyl groups excluding tert-OH is 1. The highest BCUT2D eigenvalue weighted by Crippen LogP contribution is 2.20. The third kappa shape index (κ3) is 3.13. The van der Waals surface area contributed by atoms with E-state index >= 15 is 0 Å². The lowest BCUT2D eigenvalue weighted by molar-refractivity contribution is -0.0744. The van der Waals surface area contributed by atoms with Gasteiger partial charge in [0.1, 0.15) is 5.58 Å². The second-order valence-electron chi connectivity index (χ2n) is 4.73. The van der Waals surface area contributed by atoms with Gasteiger partial charge in [-0.1, -0.05) is 6.92 Å². The fraction of sp³-hybridized carbons (Fsp3) is 0.357. The van der Waals surface area contributed by atoms with Crippen LogP contribution in [0.25, 0.3) is 11.0 Å². The van der Waals surface area contributed by atoms with Crippen LogP contribution in [0.2, 0.25) is 0 Å². The molecule has 0 aliphatic rings. The minimum Gasteiger partial charge on any atom is -0.423 e. The van der Waals surface area contributed by atoms with Crippen LogP contribution in [0.15, 0.2) is 33.5 Å². The molecule has 1 aromatic heterocycles. The molecule has 0 saturated heterocycles. The van der Waals surface area contributed by atoms with Crippen molar-refractivity contribution in [3.05, 3.63) is 40.2 Å². The van der Waals surface area contributed by atoms with Crippen molar-refractivity contribution in [2.24, 2.45) is 5.92 Å². The lowest BCUT2D eigenvalue weighted by atomic mass is 10.1. The summed E-state index contributed by atoms with van der Waals surface area (Å²) in [5.41, 5.74) is 1.79. The smallest absolute Gasteiger partial charge is 0.336 e. The second-order valence-corrected chi connectivity index (χ2v) is 4.73. The monoisotopic (exact) mass is 263 g/mol. The number of aliphatic hydroxyl groups is 2. The predicted molar refractivity (Wildman–Crippen MR) is 73.1 cm³/mol. The molecule has 2 aromatic rings. The minimum atomic E-state index is -1.35. The Morgan fingerprint density at radius 1 is 1.32 bits per heavy atom. The summed E-state index contributed by atoms with van der Waals surface area (Å²) >= 11 is 0. The van der Waals surface area contributed by atoms with Gasteiger partial charge in [-0.05, 0) is 24.6 Å². The number of benzene rings is 1. The van der Waals surface area contributed by atoms with Crippen LogP contribution < -0.4 is 10.9 Å². The molecule has 3 N–H and O–H groups in total. The summed E-state index contributed by atoms with van der Waals surface area (Å²) in [6.07, 6.45) is -1.35. The summed E-state index contributed by atoms with van der Waals surface area (Å²) < 4.78 is 5.14. The summed E-state index contributed by atoms with van der Waals surface area (Å²) in [5.74, 6) is -0.291. The number of nitrogens with one attached hydrogen (secondary N) is 1. The molecule has 0 aliphatic heterocycles. The van der Waals surface area contributed by atoms with Gasteiger partial charge in [0.2, 0.25) is 0 Å². The van der Waals surface area contributed by atoms with E-state index in [0.717, 1.165) is 16.6 Å². The molecule has 0 amide bonds. The molecule has 0 bridgehead atoms. The zero-order valence-electron chi connectivity index (χ0n) is 10.9. The number of hydrogen-bond acceptors (Lipinski definition) is 5. The molecule has 2 rings (SSSR count). The first-order valence-electron chi connectivity index (χ1n) is 6.12. The first kappa shape index (κ1) is 13.6. The van der Waals surface area contributed by atoms with Crippen LogP contribution in [0.1, 0.15) is 12.5 Å². The molecule has 1 atom stereocenters. The van der Waals surface area contributed by atoms with E-state index < -0.39 is 6.29 Å². The standard InChI is InChI=1S/C14H17NO4/c1-8-5-13(16)19-12-6-10(3-4-11(8)12)15-7-9(2)14(17)18/h3-6,9,14-15,17-18H,7H2,1-2H3. The van der Waals surface area contributed by atoms with Crippen molar-refractivity contribution in [3.63, 3.8) is 0 Å². The molecular formula is C14H17NO4. The normalized spacial score (nSPS) is 12.9. The van der Waals surface area contributed by atoms with Gasteiger partial charge in [0.15, 0.2) is 6.29 Å². The molecule has 1 heterocycles. The number of fused-ring (bicyclic) bond motifs is 1. The van der Waals surface area contributed by atoms with E-state index in [9.17, 15) is 4.79 Å². The zero-order chi connectivity index (χ0) is 14.0. The highest BCUT2D eigenvalue weighted by Gasteiger charge is 2.10. The summed E-state index contributed by atoms with van der Waals surface area (Å²) in [5, 5.41) is 22.0. The van der Waals surface area contributed by atoms with E-state index in [1.54, 1.807) is 13.0 Å². The summed E-state index contributed by atoms with van der Waals surface area (Å²) in [7, 11) is 0. The van der Waals surface area contributed by atoms with Gasteiger partial charge >= 0.3 is 5.63 Å². The molecule has 0 saturated carbocycles. The van der Waals surface area contributed by atoms with E-state index in [1.807, 2.05) is 19.1 Å². The number of rotatable bonds is 4. The van der Waals surface area contributed by atoms with E-state index in [1.165, 1.54) is 6.07 Å². The Morgan fingerprint density at radius 3 is 2.74 bits per heavy atom. The minimum absolute atomic E-state index is 0.291. The van der Waals surface area contributed by atoms with Crippen molar-refractivity contribution >= 4 is 16.7 Å². The molecule has 5 heteroatoms. The lowest BCUT2D eigenvalue weighted by Gasteiger charge is -2.15. The molecule has 19 heavy (non-hydrogen) atoms. The Hall–Kier alpha value is -1.85. The first-order valence-corrected chi connectivity index (χ1v) is 6.12. The molecule has 0 radical (unpaired) electrons. The second kappa shape index (κ2) is 5.42. The van der Waals surface area contributed by atoms with Crippen LogP contribution in [-0.2, 0) is 0 Å². The molecule has 1 unspecified atom stereocenters. The van der Waals surface area contributed by atoms with E-state index in [4.69, 9.17) is 14.6 Å². The average molecular weight is 263 g/mol. The Morgan fingerprint density at radius 2 is 2.05 bits per heavy atom. The van der Waals surface area contributed by atoms with Crippen LogP contribution in [0, 0.1) is 12.8 Å². The molecular weight excluding hydrogens is 246 g/mol. The summed E-state index contributed by atoms with van der Waals surface area (Å²) in [6, 6.07) is 6.93. The molecule has 1 aromatic carbocycles. The maximum absolute atomic E-state index is 11.3. The summed E-state index contributed by atoms with van der Waals surface area (Å²) in [4.78, 5) is 11.3. The maximum atomic E-state index is 11.3. The van der Waals surface area contributed by atoms with Crippen LogP contribution >= 0.6 is 0 Å². The quantitative estimate of drug-likeness (QED) is 0.574. The molecule has 102 valence electrons. The van der Waals surface area contributed by atoms with Crippen molar-refractivity contribution in [2.45, 2.75) is 20.1 Å². The molecule has 0 fully saturated rings. The SMILES string of the molecule is Cc1cc(=O)oc2cc(NCC(C)C(O)O)ccc12. The zero-order valence-corrected chi connectivity index (χ0v) is 10.9. The van der Waals surface area contributed by atoms with E-state index in [-0.39, 0.29) is 11.5 Å².